The van der Waals surface area contributed by atoms with E-state index in [0.717, 1.165) is 0 Å². The van der Waals surface area contributed by atoms with Crippen LogP contribution in [0.3, 0.4) is 0 Å². The van der Waals surface area contributed by atoms with Crippen LogP contribution in [0.2, 0.25) is 0 Å². The Morgan fingerprint density at radius 2 is 1.65 bits per heavy atom. The van der Waals surface area contributed by atoms with Gasteiger partial charge in [-0.05, 0) is 64.5 Å². The summed E-state index contributed by atoms with van der Waals surface area (Å²) >= 11 is 0. The van der Waals surface area contributed by atoms with Crippen molar-refractivity contribution in [2.45, 2.75) is 84.1 Å². The van der Waals surface area contributed by atoms with Gasteiger partial charge in [0.05, 0.1) is 0 Å². The average Bonchev–Trinajstić information content (AvgIpc) is 2.62. The zero-order valence-electron chi connectivity index (χ0n) is 14.1. The summed E-state index contributed by atoms with van der Waals surface area (Å²) in [6, 6.07) is 0. The van der Waals surface area contributed by atoms with Gasteiger partial charge in [-0.25, -0.2) is 0 Å². The molecule has 0 unspecified atom stereocenters. The van der Waals surface area contributed by atoms with Crippen LogP contribution >= 0.6 is 0 Å². The molecule has 2 aliphatic rings. The second kappa shape index (κ2) is 7.26. The van der Waals surface area contributed by atoms with Crippen molar-refractivity contribution in [3.05, 3.63) is 0 Å². The third-order valence-corrected chi connectivity index (χ3v) is 5.69. The minimum absolute atomic E-state index is 0.435. The molecular formula is C18H36N2. The van der Waals surface area contributed by atoms with Crippen molar-refractivity contribution in [2.24, 2.45) is 5.41 Å². The molecule has 2 rings (SSSR count). The molecule has 1 N–H and O–H groups in total. The number of rotatable bonds is 6. The highest BCUT2D eigenvalue weighted by Crippen LogP contribution is 2.39. The fourth-order valence-corrected chi connectivity index (χ4v) is 4.26. The predicted molar refractivity (Wildman–Crippen MR) is 88.2 cm³/mol. The quantitative estimate of drug-likeness (QED) is 0.579. The van der Waals surface area contributed by atoms with Gasteiger partial charge in [0.1, 0.15) is 0 Å². The van der Waals surface area contributed by atoms with Crippen molar-refractivity contribution in [2.75, 3.05) is 26.2 Å². The summed E-state index contributed by atoms with van der Waals surface area (Å²) in [5, 5.41) is 3.75. The molecule has 1 heterocycles. The van der Waals surface area contributed by atoms with Crippen molar-refractivity contribution in [1.82, 2.24) is 10.2 Å². The molecule has 0 aromatic rings. The highest BCUT2D eigenvalue weighted by atomic mass is 15.2. The van der Waals surface area contributed by atoms with Crippen LogP contribution in [0.25, 0.3) is 0 Å². The molecule has 2 heteroatoms. The van der Waals surface area contributed by atoms with Crippen LogP contribution in [-0.4, -0.2) is 36.6 Å². The monoisotopic (exact) mass is 280 g/mol. The lowest BCUT2D eigenvalue weighted by atomic mass is 9.79. The van der Waals surface area contributed by atoms with Gasteiger partial charge in [0.15, 0.2) is 0 Å². The Morgan fingerprint density at radius 3 is 2.20 bits per heavy atom. The molecule has 1 aliphatic carbocycles. The number of nitrogens with one attached hydrogen (secondary N) is 1. The minimum atomic E-state index is 0.435. The maximum absolute atomic E-state index is 3.75. The molecule has 1 saturated heterocycles. The molecule has 0 spiro atoms. The number of nitrogens with zero attached hydrogens (tertiary/aromatic N) is 1. The Kier molecular flexibility index (Phi) is 5.92. The Hall–Kier alpha value is -0.0800. The molecular weight excluding hydrogens is 244 g/mol. The summed E-state index contributed by atoms with van der Waals surface area (Å²) in [5.74, 6) is 0. The third-order valence-electron chi connectivity index (χ3n) is 5.69. The van der Waals surface area contributed by atoms with Crippen LogP contribution in [0.5, 0.6) is 0 Å². The van der Waals surface area contributed by atoms with Gasteiger partial charge in [-0.3, -0.25) is 4.90 Å². The van der Waals surface area contributed by atoms with Crippen molar-refractivity contribution >= 4 is 0 Å². The highest BCUT2D eigenvalue weighted by Gasteiger charge is 2.39. The van der Waals surface area contributed by atoms with Gasteiger partial charge >= 0.3 is 0 Å². The lowest BCUT2D eigenvalue weighted by Crippen LogP contribution is -2.49. The number of likely N-dealkylation sites (tertiary alicyclic amines) is 1. The molecule has 0 bridgehead atoms. The molecule has 1 saturated carbocycles. The Morgan fingerprint density at radius 1 is 0.950 bits per heavy atom. The Bertz CT molecular complexity index is 277. The summed E-state index contributed by atoms with van der Waals surface area (Å²) < 4.78 is 0. The first-order valence-electron chi connectivity index (χ1n) is 9.04. The predicted octanol–water partition coefficient (Wildman–Crippen LogP) is 4.20. The summed E-state index contributed by atoms with van der Waals surface area (Å²) in [6.45, 7) is 12.3. The van der Waals surface area contributed by atoms with E-state index in [1.807, 2.05) is 0 Å². The summed E-state index contributed by atoms with van der Waals surface area (Å²) in [7, 11) is 0. The van der Waals surface area contributed by atoms with Crippen LogP contribution in [0.15, 0.2) is 0 Å². The maximum Gasteiger partial charge on any atom is 0.0153 e. The average molecular weight is 280 g/mol. The zero-order chi connectivity index (χ0) is 14.5. The molecule has 0 amide bonds. The van der Waals surface area contributed by atoms with Crippen molar-refractivity contribution in [3.63, 3.8) is 0 Å². The molecule has 118 valence electrons. The van der Waals surface area contributed by atoms with Crippen LogP contribution < -0.4 is 5.32 Å². The molecule has 1 aliphatic heterocycles. The third kappa shape index (κ3) is 4.21. The smallest absolute Gasteiger partial charge is 0.0153 e. The van der Waals surface area contributed by atoms with Crippen LogP contribution in [0.4, 0.5) is 0 Å². The van der Waals surface area contributed by atoms with Gasteiger partial charge in [0.25, 0.3) is 0 Å². The van der Waals surface area contributed by atoms with E-state index in [0.29, 0.717) is 11.0 Å². The van der Waals surface area contributed by atoms with Crippen LogP contribution in [0, 0.1) is 5.41 Å². The second-order valence-electron chi connectivity index (χ2n) is 7.93. The molecule has 0 aromatic carbocycles. The summed E-state index contributed by atoms with van der Waals surface area (Å²) in [4.78, 5) is 2.80. The molecule has 0 atom stereocenters. The lowest BCUT2D eigenvalue weighted by molar-refractivity contribution is 0.0815. The summed E-state index contributed by atoms with van der Waals surface area (Å²) in [5.41, 5.74) is 0.983. The largest absolute Gasteiger partial charge is 0.316 e. The van der Waals surface area contributed by atoms with E-state index in [9.17, 15) is 0 Å². The van der Waals surface area contributed by atoms with Gasteiger partial charge in [0.2, 0.25) is 0 Å². The first-order chi connectivity index (χ1) is 9.58. The van der Waals surface area contributed by atoms with Crippen molar-refractivity contribution in [1.29, 1.82) is 0 Å². The van der Waals surface area contributed by atoms with E-state index in [4.69, 9.17) is 0 Å². The van der Waals surface area contributed by atoms with Gasteiger partial charge in [-0.2, -0.15) is 0 Å². The number of hydrogen-bond donors (Lipinski definition) is 1. The molecule has 20 heavy (non-hydrogen) atoms. The van der Waals surface area contributed by atoms with E-state index < -0.39 is 0 Å². The van der Waals surface area contributed by atoms with E-state index >= 15 is 0 Å². The first kappa shape index (κ1) is 16.3. The topological polar surface area (TPSA) is 15.3 Å². The van der Waals surface area contributed by atoms with Crippen LogP contribution in [-0.2, 0) is 0 Å². The van der Waals surface area contributed by atoms with E-state index in [2.05, 4.69) is 31.0 Å². The molecule has 2 nitrogen and oxygen atoms in total. The molecule has 0 radical (unpaired) electrons. The normalized spacial score (nSPS) is 26.6. The Balaban J connectivity index is 2.00. The highest BCUT2D eigenvalue weighted by molar-refractivity contribution is 4.94. The molecule has 0 aromatic heterocycles. The van der Waals surface area contributed by atoms with E-state index in [1.165, 1.54) is 84.0 Å². The van der Waals surface area contributed by atoms with Gasteiger partial charge in [-0.1, -0.05) is 32.6 Å². The maximum atomic E-state index is 3.75. The fourth-order valence-electron chi connectivity index (χ4n) is 4.26. The standard InChI is InChI=1S/C18H36N2/c1-4-13-19-15-18(11-7-5-6-8-12-18)16-20-14-9-10-17(20,2)3/h19H,4-16H2,1-3H3. The Labute approximate surface area is 126 Å². The minimum Gasteiger partial charge on any atom is -0.316 e. The van der Waals surface area contributed by atoms with E-state index in [1.54, 1.807) is 0 Å². The van der Waals surface area contributed by atoms with Crippen LogP contribution in [0.1, 0.15) is 78.6 Å². The van der Waals surface area contributed by atoms with Gasteiger partial charge < -0.3 is 5.32 Å². The van der Waals surface area contributed by atoms with Crippen molar-refractivity contribution in [3.8, 4) is 0 Å². The van der Waals surface area contributed by atoms with Crippen molar-refractivity contribution < 1.29 is 0 Å². The SMILES string of the molecule is CCCNCC1(CN2CCCC2(C)C)CCCCCC1. The summed E-state index contributed by atoms with van der Waals surface area (Å²) in [6.07, 6.45) is 12.7. The van der Waals surface area contributed by atoms with Gasteiger partial charge in [0, 0.05) is 18.6 Å². The van der Waals surface area contributed by atoms with E-state index in [-0.39, 0.29) is 0 Å². The molecule has 2 fully saturated rings. The lowest BCUT2D eigenvalue weighted by Gasteiger charge is -2.42. The fraction of sp³-hybridized carbons (Fsp3) is 1.00. The zero-order valence-corrected chi connectivity index (χ0v) is 14.1. The first-order valence-corrected chi connectivity index (χ1v) is 9.04. The number of hydrogen-bond acceptors (Lipinski definition) is 2. The second-order valence-corrected chi connectivity index (χ2v) is 7.93. The van der Waals surface area contributed by atoms with Gasteiger partial charge in [-0.15, -0.1) is 0 Å².